The van der Waals surface area contributed by atoms with E-state index in [1.54, 1.807) is 0 Å². The molecule has 0 atom stereocenters. The van der Waals surface area contributed by atoms with E-state index in [1.165, 1.54) is 39.8 Å². The number of rotatable bonds is 2. The van der Waals surface area contributed by atoms with Crippen LogP contribution in [0.25, 0.3) is 0 Å². The maximum Gasteiger partial charge on any atom is 0.0319 e. The van der Waals surface area contributed by atoms with E-state index in [2.05, 4.69) is 6.92 Å². The van der Waals surface area contributed by atoms with Gasteiger partial charge in [0.05, 0.1) is 0 Å². The van der Waals surface area contributed by atoms with E-state index in [9.17, 15) is 0 Å². The van der Waals surface area contributed by atoms with E-state index >= 15 is 0 Å². The summed E-state index contributed by atoms with van der Waals surface area (Å²) in [6.07, 6.45) is 2.82. The number of hydrogen-bond donors (Lipinski definition) is 3. The SMILES string of the molecule is CCC[CH2][SnH].CO.CO.CO. The first kappa shape index (κ1) is 22.6. The van der Waals surface area contributed by atoms with E-state index < -0.39 is 0 Å². The molecule has 0 aliphatic carbocycles. The average Bonchev–Trinajstić information content (AvgIpc) is 2.16. The Labute approximate surface area is 83.5 Å². The molecule has 0 amide bonds. The molecule has 0 aliphatic heterocycles. The van der Waals surface area contributed by atoms with Gasteiger partial charge >= 0.3 is 46.7 Å². The van der Waals surface area contributed by atoms with Gasteiger partial charge in [-0.2, -0.15) is 0 Å². The molecule has 3 N–H and O–H groups in total. The summed E-state index contributed by atoms with van der Waals surface area (Å²) in [5.41, 5.74) is 0. The minimum atomic E-state index is 1.00. The molecule has 0 fully saturated rings. The monoisotopic (exact) mass is 274 g/mol. The van der Waals surface area contributed by atoms with Crippen LogP contribution in [0, 0.1) is 0 Å². The maximum atomic E-state index is 7.00. The zero-order valence-corrected chi connectivity index (χ0v) is 11.3. The predicted octanol–water partition coefficient (Wildman–Crippen LogP) is -0.0689. The summed E-state index contributed by atoms with van der Waals surface area (Å²) in [6.45, 7) is 2.23. The zero-order chi connectivity index (χ0) is 10.1. The summed E-state index contributed by atoms with van der Waals surface area (Å²) >= 11 is 1.45. The third kappa shape index (κ3) is 112. The van der Waals surface area contributed by atoms with Gasteiger partial charge in [-0.25, -0.2) is 0 Å². The molecule has 0 aromatic heterocycles. The second-order valence-corrected chi connectivity index (χ2v) is 2.79. The molecule has 0 spiro atoms. The quantitative estimate of drug-likeness (QED) is 0.617. The Morgan fingerprint density at radius 2 is 1.18 bits per heavy atom. The summed E-state index contributed by atoms with van der Waals surface area (Å²) in [7, 11) is 3.00. The molecule has 0 aromatic carbocycles. The van der Waals surface area contributed by atoms with Crippen LogP contribution in [0.2, 0.25) is 4.44 Å². The van der Waals surface area contributed by atoms with Gasteiger partial charge in [-0.1, -0.05) is 0 Å². The van der Waals surface area contributed by atoms with Crippen LogP contribution in [-0.4, -0.2) is 59.2 Å². The van der Waals surface area contributed by atoms with Gasteiger partial charge in [-0.3, -0.25) is 0 Å². The molecule has 0 unspecified atom stereocenters. The van der Waals surface area contributed by atoms with Gasteiger partial charge in [0.15, 0.2) is 0 Å². The van der Waals surface area contributed by atoms with Gasteiger partial charge < -0.3 is 15.3 Å². The van der Waals surface area contributed by atoms with Crippen LogP contribution < -0.4 is 0 Å². The molecule has 0 aromatic rings. The first-order valence-corrected chi connectivity index (χ1v) is 5.79. The average molecular weight is 273 g/mol. The normalized spacial score (nSPS) is 5.45. The molecule has 0 rings (SSSR count). The third-order valence-corrected chi connectivity index (χ3v) is 1.72. The molecule has 0 saturated heterocycles. The van der Waals surface area contributed by atoms with Crippen LogP contribution in [0.4, 0.5) is 0 Å². The van der Waals surface area contributed by atoms with Gasteiger partial charge in [-0.05, 0) is 0 Å². The Bertz CT molecular complexity index is 21.2. The standard InChI is InChI=1S/C4H9.3CH4O.Sn.H/c1-3-4-2;3*1-2;;/h1,3-4H2,2H3;3*2H,1H3;;. The van der Waals surface area contributed by atoms with Crippen LogP contribution in [0.1, 0.15) is 19.8 Å². The third-order valence-electron chi connectivity index (χ3n) is 0.558. The molecule has 4 heteroatoms. The van der Waals surface area contributed by atoms with Crippen LogP contribution in [0.3, 0.4) is 0 Å². The first-order valence-electron chi connectivity index (χ1n) is 3.46. The topological polar surface area (TPSA) is 60.7 Å². The number of unbranched alkanes of at least 4 members (excludes halogenated alkanes) is 1. The molecule has 0 heterocycles. The van der Waals surface area contributed by atoms with Gasteiger partial charge in [0, 0.05) is 21.3 Å². The van der Waals surface area contributed by atoms with Gasteiger partial charge in [0.25, 0.3) is 0 Å². The van der Waals surface area contributed by atoms with Crippen molar-refractivity contribution in [2.75, 3.05) is 21.3 Å². The molecule has 2 radical (unpaired) electrons. The summed E-state index contributed by atoms with van der Waals surface area (Å²) in [6, 6.07) is 0. The molecule has 0 saturated carbocycles. The number of aliphatic hydroxyl groups is 3. The Hall–Kier alpha value is 0.679. The van der Waals surface area contributed by atoms with E-state index in [-0.39, 0.29) is 0 Å². The van der Waals surface area contributed by atoms with Crippen molar-refractivity contribution in [3.8, 4) is 0 Å². The van der Waals surface area contributed by atoms with Crippen molar-refractivity contribution < 1.29 is 15.3 Å². The Balaban J connectivity index is -0.0000000350. The van der Waals surface area contributed by atoms with E-state index in [0.717, 1.165) is 21.3 Å². The summed E-state index contributed by atoms with van der Waals surface area (Å²) in [4.78, 5) is 0. The van der Waals surface area contributed by atoms with Crippen molar-refractivity contribution in [2.24, 2.45) is 0 Å². The first-order chi connectivity index (χ1) is 5.41. The molecule has 0 aliphatic rings. The molecular weight excluding hydrogens is 251 g/mol. The summed E-state index contributed by atoms with van der Waals surface area (Å²) in [5.74, 6) is 0. The minimum Gasteiger partial charge on any atom is -0.400 e. The molecule has 11 heavy (non-hydrogen) atoms. The number of hydrogen-bond acceptors (Lipinski definition) is 3. The van der Waals surface area contributed by atoms with Crippen molar-refractivity contribution in [1.29, 1.82) is 0 Å². The fourth-order valence-electron chi connectivity index (χ4n) is 0.204. The van der Waals surface area contributed by atoms with Crippen molar-refractivity contribution in [3.05, 3.63) is 0 Å². The van der Waals surface area contributed by atoms with Crippen molar-refractivity contribution in [1.82, 2.24) is 0 Å². The fourth-order valence-corrected chi connectivity index (χ4v) is 1.37. The van der Waals surface area contributed by atoms with E-state index in [0.29, 0.717) is 0 Å². The van der Waals surface area contributed by atoms with Crippen molar-refractivity contribution >= 4 is 22.5 Å². The second-order valence-electron chi connectivity index (χ2n) is 1.14. The Morgan fingerprint density at radius 1 is 0.909 bits per heavy atom. The molecule has 3 nitrogen and oxygen atoms in total. The molecule has 72 valence electrons. The Morgan fingerprint density at radius 3 is 1.18 bits per heavy atom. The van der Waals surface area contributed by atoms with Gasteiger partial charge in [-0.15, -0.1) is 0 Å². The fraction of sp³-hybridized carbons (Fsp3) is 1.00. The van der Waals surface area contributed by atoms with Crippen molar-refractivity contribution in [2.45, 2.75) is 24.2 Å². The van der Waals surface area contributed by atoms with Gasteiger partial charge in [0.1, 0.15) is 0 Å². The van der Waals surface area contributed by atoms with Gasteiger partial charge in [0.2, 0.25) is 0 Å². The minimum absolute atomic E-state index is 1.00. The maximum absolute atomic E-state index is 7.00. The second kappa shape index (κ2) is 73.9. The van der Waals surface area contributed by atoms with Crippen LogP contribution in [-0.2, 0) is 0 Å². The van der Waals surface area contributed by atoms with Crippen molar-refractivity contribution in [3.63, 3.8) is 0 Å². The zero-order valence-electron chi connectivity index (χ0n) is 8.04. The largest absolute Gasteiger partial charge is 0.400 e. The smallest absolute Gasteiger partial charge is 0.0319 e. The summed E-state index contributed by atoms with van der Waals surface area (Å²) < 4.78 is 1.47. The van der Waals surface area contributed by atoms with E-state index in [1.807, 2.05) is 0 Å². The van der Waals surface area contributed by atoms with Crippen LogP contribution in [0.15, 0.2) is 0 Å². The molecular formula is C7H22O3Sn. The van der Waals surface area contributed by atoms with E-state index in [4.69, 9.17) is 15.3 Å². The molecule has 0 bridgehead atoms. The predicted molar refractivity (Wildman–Crippen MR) is 51.3 cm³/mol. The van der Waals surface area contributed by atoms with Crippen LogP contribution in [0.5, 0.6) is 0 Å². The Kier molecular flexibility index (Phi) is 152. The number of aliphatic hydroxyl groups excluding tert-OH is 3. The summed E-state index contributed by atoms with van der Waals surface area (Å²) in [5, 5.41) is 21.0. The van der Waals surface area contributed by atoms with Crippen LogP contribution >= 0.6 is 0 Å².